The zero-order chi connectivity index (χ0) is 16.9. The fraction of sp³-hybridized carbons (Fsp3) is 0.556. The molecule has 0 atom stereocenters. The van der Waals surface area contributed by atoms with Crippen LogP contribution in [0.1, 0.15) is 25.7 Å². The second kappa shape index (κ2) is 7.77. The van der Waals surface area contributed by atoms with E-state index >= 15 is 0 Å². The maximum absolute atomic E-state index is 9.61. The van der Waals surface area contributed by atoms with E-state index in [1.54, 1.807) is 0 Å². The zero-order valence-electron chi connectivity index (χ0n) is 14.4. The van der Waals surface area contributed by atoms with Gasteiger partial charge in [0.05, 0.1) is 6.10 Å². The zero-order valence-corrected chi connectivity index (χ0v) is 14.4. The second-order valence-corrected chi connectivity index (χ2v) is 6.69. The van der Waals surface area contributed by atoms with Crippen LogP contribution < -0.4 is 10.1 Å². The minimum atomic E-state index is -0.155. The van der Waals surface area contributed by atoms with Crippen LogP contribution in [-0.2, 0) is 0 Å². The molecule has 1 fully saturated rings. The van der Waals surface area contributed by atoms with Crippen LogP contribution in [0.5, 0.6) is 5.75 Å². The van der Waals surface area contributed by atoms with Crippen LogP contribution in [0.4, 0.5) is 5.95 Å². The summed E-state index contributed by atoms with van der Waals surface area (Å²) in [6.07, 6.45) is 5.25. The number of aliphatic hydroxyl groups excluding tert-OH is 1. The van der Waals surface area contributed by atoms with E-state index in [0.717, 1.165) is 48.9 Å². The third kappa shape index (κ3) is 4.33. The fourth-order valence-corrected chi connectivity index (χ4v) is 2.96. The first kappa shape index (κ1) is 16.9. The minimum absolute atomic E-state index is 0.155. The largest absolute Gasteiger partial charge is 0.490 e. The Balaban J connectivity index is 1.73. The van der Waals surface area contributed by atoms with Gasteiger partial charge in [-0.15, -0.1) is 0 Å². The number of hydrogen-bond acceptors (Lipinski definition) is 6. The molecule has 0 saturated heterocycles. The summed E-state index contributed by atoms with van der Waals surface area (Å²) in [6, 6.07) is 6.24. The number of hydrogen-bond donors (Lipinski definition) is 2. The van der Waals surface area contributed by atoms with Crippen LogP contribution in [-0.4, -0.2) is 59.4 Å². The molecule has 1 heterocycles. The van der Waals surface area contributed by atoms with Crippen LogP contribution in [0.15, 0.2) is 24.4 Å². The van der Waals surface area contributed by atoms with Gasteiger partial charge in [0.2, 0.25) is 5.95 Å². The van der Waals surface area contributed by atoms with E-state index in [-0.39, 0.29) is 6.10 Å². The molecule has 1 aromatic carbocycles. The van der Waals surface area contributed by atoms with Crippen molar-refractivity contribution in [1.82, 2.24) is 14.9 Å². The number of para-hydroxylation sites is 1. The SMILES string of the molecule is CN(C)CCOc1cccc2cnc(N[C@H]3CC[C@H](O)CC3)nc12. The highest BCUT2D eigenvalue weighted by atomic mass is 16.5. The summed E-state index contributed by atoms with van der Waals surface area (Å²) in [7, 11) is 4.05. The number of benzene rings is 1. The number of likely N-dealkylation sites (N-methyl/N-ethyl adjacent to an activating group) is 1. The molecule has 6 heteroatoms. The van der Waals surface area contributed by atoms with Crippen molar-refractivity contribution in [1.29, 1.82) is 0 Å². The first-order chi connectivity index (χ1) is 11.6. The fourth-order valence-electron chi connectivity index (χ4n) is 2.96. The van der Waals surface area contributed by atoms with Crippen molar-refractivity contribution in [2.24, 2.45) is 0 Å². The van der Waals surface area contributed by atoms with E-state index in [0.29, 0.717) is 18.6 Å². The summed E-state index contributed by atoms with van der Waals surface area (Å²) in [6.45, 7) is 1.48. The third-order valence-corrected chi connectivity index (χ3v) is 4.40. The number of nitrogens with zero attached hydrogens (tertiary/aromatic N) is 3. The Labute approximate surface area is 142 Å². The highest BCUT2D eigenvalue weighted by Gasteiger charge is 2.20. The van der Waals surface area contributed by atoms with Crippen molar-refractivity contribution in [3.63, 3.8) is 0 Å². The predicted octanol–water partition coefficient (Wildman–Crippen LogP) is 2.29. The molecule has 24 heavy (non-hydrogen) atoms. The Morgan fingerprint density at radius 3 is 2.79 bits per heavy atom. The van der Waals surface area contributed by atoms with E-state index in [9.17, 15) is 5.11 Å². The van der Waals surface area contributed by atoms with Crippen molar-refractivity contribution in [2.75, 3.05) is 32.6 Å². The molecule has 6 nitrogen and oxygen atoms in total. The van der Waals surface area contributed by atoms with Gasteiger partial charge in [-0.25, -0.2) is 9.97 Å². The molecule has 0 bridgehead atoms. The van der Waals surface area contributed by atoms with Gasteiger partial charge >= 0.3 is 0 Å². The normalized spacial score (nSPS) is 21.2. The molecule has 1 aliphatic rings. The molecule has 130 valence electrons. The van der Waals surface area contributed by atoms with E-state index in [4.69, 9.17) is 4.74 Å². The lowest BCUT2D eigenvalue weighted by atomic mass is 9.93. The summed E-state index contributed by atoms with van der Waals surface area (Å²) in [5.74, 6) is 1.42. The molecular weight excluding hydrogens is 304 g/mol. The van der Waals surface area contributed by atoms with Gasteiger partial charge in [-0.1, -0.05) is 12.1 Å². The monoisotopic (exact) mass is 330 g/mol. The quantitative estimate of drug-likeness (QED) is 0.847. The van der Waals surface area contributed by atoms with Crippen LogP contribution in [0.2, 0.25) is 0 Å². The van der Waals surface area contributed by atoms with Gasteiger partial charge in [0.15, 0.2) is 0 Å². The van der Waals surface area contributed by atoms with Gasteiger partial charge in [-0.3, -0.25) is 0 Å². The van der Waals surface area contributed by atoms with E-state index in [2.05, 4.69) is 20.2 Å². The number of aromatic nitrogens is 2. The number of fused-ring (bicyclic) bond motifs is 1. The summed E-state index contributed by atoms with van der Waals surface area (Å²) >= 11 is 0. The van der Waals surface area contributed by atoms with Gasteiger partial charge < -0.3 is 20.1 Å². The van der Waals surface area contributed by atoms with Crippen LogP contribution in [0.25, 0.3) is 10.9 Å². The van der Waals surface area contributed by atoms with Gasteiger partial charge in [0.1, 0.15) is 17.9 Å². The number of ether oxygens (including phenoxy) is 1. The molecule has 0 unspecified atom stereocenters. The van der Waals surface area contributed by atoms with E-state index < -0.39 is 0 Å². The Morgan fingerprint density at radius 1 is 1.25 bits per heavy atom. The molecule has 0 amide bonds. The van der Waals surface area contributed by atoms with E-state index in [1.165, 1.54) is 0 Å². The summed E-state index contributed by atoms with van der Waals surface area (Å²) in [4.78, 5) is 11.2. The average molecular weight is 330 g/mol. The van der Waals surface area contributed by atoms with Crippen molar-refractivity contribution in [2.45, 2.75) is 37.8 Å². The lowest BCUT2D eigenvalue weighted by Crippen LogP contribution is -2.28. The van der Waals surface area contributed by atoms with Gasteiger partial charge in [0.25, 0.3) is 0 Å². The maximum Gasteiger partial charge on any atom is 0.223 e. The first-order valence-corrected chi connectivity index (χ1v) is 8.60. The van der Waals surface area contributed by atoms with Gasteiger partial charge in [-0.2, -0.15) is 0 Å². The van der Waals surface area contributed by atoms with Crippen molar-refractivity contribution >= 4 is 16.9 Å². The molecule has 1 saturated carbocycles. The summed E-state index contributed by atoms with van der Waals surface area (Å²) in [5, 5.41) is 14.0. The summed E-state index contributed by atoms with van der Waals surface area (Å²) in [5.41, 5.74) is 0.838. The van der Waals surface area contributed by atoms with Crippen molar-refractivity contribution in [3.8, 4) is 5.75 Å². The van der Waals surface area contributed by atoms with Crippen LogP contribution in [0, 0.1) is 0 Å². The molecular formula is C18H26N4O2. The number of rotatable bonds is 6. The van der Waals surface area contributed by atoms with E-state index in [1.807, 2.05) is 38.5 Å². The third-order valence-electron chi connectivity index (χ3n) is 4.40. The van der Waals surface area contributed by atoms with Crippen molar-refractivity contribution in [3.05, 3.63) is 24.4 Å². The molecule has 2 aromatic rings. The van der Waals surface area contributed by atoms with Crippen LogP contribution >= 0.6 is 0 Å². The van der Waals surface area contributed by atoms with Gasteiger partial charge in [-0.05, 0) is 45.8 Å². The molecule has 0 radical (unpaired) electrons. The highest BCUT2D eigenvalue weighted by Crippen LogP contribution is 2.26. The summed E-state index contributed by atoms with van der Waals surface area (Å²) < 4.78 is 5.90. The molecule has 0 aliphatic heterocycles. The smallest absolute Gasteiger partial charge is 0.223 e. The Kier molecular flexibility index (Phi) is 5.48. The Bertz CT molecular complexity index is 669. The lowest BCUT2D eigenvalue weighted by molar-refractivity contribution is 0.126. The molecule has 0 spiro atoms. The number of nitrogens with one attached hydrogen (secondary N) is 1. The predicted molar refractivity (Wildman–Crippen MR) is 95.5 cm³/mol. The number of aliphatic hydroxyl groups is 1. The first-order valence-electron chi connectivity index (χ1n) is 8.60. The highest BCUT2D eigenvalue weighted by molar-refractivity contribution is 5.84. The average Bonchev–Trinajstić information content (AvgIpc) is 2.57. The van der Waals surface area contributed by atoms with Crippen LogP contribution in [0.3, 0.4) is 0 Å². The molecule has 1 aliphatic carbocycles. The van der Waals surface area contributed by atoms with Crippen molar-refractivity contribution < 1.29 is 9.84 Å². The topological polar surface area (TPSA) is 70.5 Å². The molecule has 2 N–H and O–H groups in total. The molecule has 3 rings (SSSR count). The Hall–Kier alpha value is -1.92. The number of anilines is 1. The maximum atomic E-state index is 9.61. The molecule has 1 aromatic heterocycles. The standard InChI is InChI=1S/C18H26N4O2/c1-22(2)10-11-24-16-5-3-4-13-12-19-18(21-17(13)16)20-14-6-8-15(23)9-7-14/h3-5,12,14-15,23H,6-11H2,1-2H3,(H,19,20,21)/t14-,15-. The lowest BCUT2D eigenvalue weighted by Gasteiger charge is -2.26. The second-order valence-electron chi connectivity index (χ2n) is 6.69. The Morgan fingerprint density at radius 2 is 2.04 bits per heavy atom. The minimum Gasteiger partial charge on any atom is -0.490 e. The van der Waals surface area contributed by atoms with Gasteiger partial charge in [0, 0.05) is 24.2 Å².